The molecule has 1 rings (SSSR count). The maximum Gasteiger partial charge on any atom is 0.152 e. The number of pyridine rings is 1. The van der Waals surface area contributed by atoms with Crippen molar-refractivity contribution in [2.45, 2.75) is 33.6 Å². The lowest BCUT2D eigenvalue weighted by Crippen LogP contribution is -2.03. The number of carbonyl (C=O) groups is 1. The fourth-order valence-corrected chi connectivity index (χ4v) is 1.37. The van der Waals surface area contributed by atoms with E-state index in [9.17, 15) is 4.79 Å². The van der Waals surface area contributed by atoms with Gasteiger partial charge in [0.05, 0.1) is 12.3 Å². The highest BCUT2D eigenvalue weighted by molar-refractivity contribution is 5.78. The molecule has 0 saturated carbocycles. The number of hydrogen-bond acceptors (Lipinski definition) is 3. The predicted molar refractivity (Wildman–Crippen MR) is 59.5 cm³/mol. The number of nitrogens with zero attached hydrogens (tertiary/aromatic N) is 1. The molecule has 1 aromatic rings. The molecule has 3 heteroatoms. The SMILES string of the molecule is CCCCOc1c(C)ncc(C=O)c1C. The van der Waals surface area contributed by atoms with E-state index in [1.807, 2.05) is 13.8 Å². The number of aldehydes is 1. The molecule has 0 aliphatic carbocycles. The summed E-state index contributed by atoms with van der Waals surface area (Å²) in [6, 6.07) is 0. The summed E-state index contributed by atoms with van der Waals surface area (Å²) in [4.78, 5) is 14.9. The van der Waals surface area contributed by atoms with Gasteiger partial charge in [0.2, 0.25) is 0 Å². The fraction of sp³-hybridized carbons (Fsp3) is 0.500. The molecule has 0 saturated heterocycles. The van der Waals surface area contributed by atoms with Crippen molar-refractivity contribution in [3.8, 4) is 5.75 Å². The van der Waals surface area contributed by atoms with Gasteiger partial charge in [-0.25, -0.2) is 0 Å². The second-order valence-electron chi connectivity index (χ2n) is 3.57. The molecule has 0 atom stereocenters. The van der Waals surface area contributed by atoms with E-state index in [1.54, 1.807) is 6.20 Å². The van der Waals surface area contributed by atoms with E-state index < -0.39 is 0 Å². The molecule has 0 fully saturated rings. The van der Waals surface area contributed by atoms with Crippen molar-refractivity contribution in [1.29, 1.82) is 0 Å². The molecular weight excluding hydrogens is 190 g/mol. The largest absolute Gasteiger partial charge is 0.491 e. The van der Waals surface area contributed by atoms with Crippen molar-refractivity contribution >= 4 is 6.29 Å². The van der Waals surface area contributed by atoms with E-state index in [4.69, 9.17) is 4.74 Å². The van der Waals surface area contributed by atoms with Gasteiger partial charge in [-0.05, 0) is 20.3 Å². The van der Waals surface area contributed by atoms with Gasteiger partial charge in [0.1, 0.15) is 5.75 Å². The normalized spacial score (nSPS) is 10.1. The van der Waals surface area contributed by atoms with Crippen molar-refractivity contribution in [1.82, 2.24) is 4.98 Å². The zero-order chi connectivity index (χ0) is 11.3. The van der Waals surface area contributed by atoms with Crippen molar-refractivity contribution < 1.29 is 9.53 Å². The summed E-state index contributed by atoms with van der Waals surface area (Å²) < 4.78 is 5.63. The lowest BCUT2D eigenvalue weighted by Gasteiger charge is -2.12. The van der Waals surface area contributed by atoms with Crippen LogP contribution in [-0.4, -0.2) is 17.9 Å². The average molecular weight is 207 g/mol. The van der Waals surface area contributed by atoms with Gasteiger partial charge in [0.15, 0.2) is 6.29 Å². The molecule has 1 heterocycles. The van der Waals surface area contributed by atoms with E-state index in [2.05, 4.69) is 11.9 Å². The van der Waals surface area contributed by atoms with Crippen LogP contribution < -0.4 is 4.74 Å². The Morgan fingerprint density at radius 3 is 2.80 bits per heavy atom. The second-order valence-corrected chi connectivity index (χ2v) is 3.57. The third kappa shape index (κ3) is 2.78. The monoisotopic (exact) mass is 207 g/mol. The highest BCUT2D eigenvalue weighted by Crippen LogP contribution is 2.23. The van der Waals surface area contributed by atoms with Crippen LogP contribution >= 0.6 is 0 Å². The number of ether oxygens (including phenoxy) is 1. The Morgan fingerprint density at radius 1 is 1.47 bits per heavy atom. The van der Waals surface area contributed by atoms with Crippen LogP contribution in [0.4, 0.5) is 0 Å². The molecule has 1 aromatic heterocycles. The lowest BCUT2D eigenvalue weighted by atomic mass is 10.1. The van der Waals surface area contributed by atoms with Gasteiger partial charge >= 0.3 is 0 Å². The zero-order valence-electron chi connectivity index (χ0n) is 9.54. The van der Waals surface area contributed by atoms with Gasteiger partial charge in [-0.15, -0.1) is 0 Å². The molecule has 0 aromatic carbocycles. The molecule has 0 aliphatic heterocycles. The first-order valence-corrected chi connectivity index (χ1v) is 5.24. The third-order valence-corrected chi connectivity index (χ3v) is 2.37. The molecule has 0 spiro atoms. The number of unbranched alkanes of at least 4 members (excludes halogenated alkanes) is 1. The lowest BCUT2D eigenvalue weighted by molar-refractivity contribution is 0.112. The molecule has 15 heavy (non-hydrogen) atoms. The molecule has 0 aliphatic rings. The number of rotatable bonds is 5. The first kappa shape index (κ1) is 11.7. The average Bonchev–Trinajstić information content (AvgIpc) is 2.23. The molecule has 82 valence electrons. The maximum atomic E-state index is 10.7. The third-order valence-electron chi connectivity index (χ3n) is 2.37. The number of aromatic nitrogens is 1. The van der Waals surface area contributed by atoms with Crippen molar-refractivity contribution in [3.05, 3.63) is 23.0 Å². The maximum absolute atomic E-state index is 10.7. The van der Waals surface area contributed by atoms with E-state index >= 15 is 0 Å². The molecule has 0 radical (unpaired) electrons. The van der Waals surface area contributed by atoms with Crippen LogP contribution in [0.5, 0.6) is 5.75 Å². The van der Waals surface area contributed by atoms with Crippen LogP contribution in [0, 0.1) is 13.8 Å². The molecule has 3 nitrogen and oxygen atoms in total. The molecule has 0 bridgehead atoms. The summed E-state index contributed by atoms with van der Waals surface area (Å²) in [7, 11) is 0. The summed E-state index contributed by atoms with van der Waals surface area (Å²) in [5, 5.41) is 0. The second kappa shape index (κ2) is 5.49. The summed E-state index contributed by atoms with van der Waals surface area (Å²) in [6.45, 7) is 6.58. The van der Waals surface area contributed by atoms with Crippen molar-refractivity contribution in [2.75, 3.05) is 6.61 Å². The van der Waals surface area contributed by atoms with Gasteiger partial charge < -0.3 is 4.74 Å². The Bertz CT molecular complexity index is 348. The van der Waals surface area contributed by atoms with Crippen molar-refractivity contribution in [3.63, 3.8) is 0 Å². The van der Waals surface area contributed by atoms with Crippen molar-refractivity contribution in [2.24, 2.45) is 0 Å². The Labute approximate surface area is 90.5 Å². The summed E-state index contributed by atoms with van der Waals surface area (Å²) in [6.07, 6.45) is 4.52. The highest BCUT2D eigenvalue weighted by atomic mass is 16.5. The topological polar surface area (TPSA) is 39.2 Å². The number of aryl methyl sites for hydroxylation is 1. The zero-order valence-corrected chi connectivity index (χ0v) is 9.54. The first-order valence-electron chi connectivity index (χ1n) is 5.24. The Kier molecular flexibility index (Phi) is 4.28. The van der Waals surface area contributed by atoms with Gasteiger partial charge in [0, 0.05) is 17.3 Å². The van der Waals surface area contributed by atoms with Crippen LogP contribution in [0.25, 0.3) is 0 Å². The number of carbonyl (C=O) groups excluding carboxylic acids is 1. The fourth-order valence-electron chi connectivity index (χ4n) is 1.37. The molecular formula is C12H17NO2. The minimum atomic E-state index is 0.604. The van der Waals surface area contributed by atoms with Gasteiger partial charge in [-0.1, -0.05) is 13.3 Å². The smallest absolute Gasteiger partial charge is 0.152 e. The molecule has 0 N–H and O–H groups in total. The molecule has 0 amide bonds. The highest BCUT2D eigenvalue weighted by Gasteiger charge is 2.09. The quantitative estimate of drug-likeness (QED) is 0.550. The summed E-state index contributed by atoms with van der Waals surface area (Å²) in [5.74, 6) is 0.757. The Hall–Kier alpha value is -1.38. The minimum Gasteiger partial charge on any atom is -0.491 e. The summed E-state index contributed by atoms with van der Waals surface area (Å²) >= 11 is 0. The standard InChI is InChI=1S/C12H17NO2/c1-4-5-6-15-12-9(2)11(8-14)7-13-10(12)3/h7-8H,4-6H2,1-3H3. The van der Waals surface area contributed by atoms with Crippen LogP contribution in [0.3, 0.4) is 0 Å². The van der Waals surface area contributed by atoms with E-state index in [0.717, 1.165) is 36.1 Å². The van der Waals surface area contributed by atoms with Gasteiger partial charge in [-0.2, -0.15) is 0 Å². The summed E-state index contributed by atoms with van der Waals surface area (Å²) in [5.41, 5.74) is 2.33. The Balaban J connectivity index is 2.89. The van der Waals surface area contributed by atoms with E-state index in [1.165, 1.54) is 0 Å². The van der Waals surface area contributed by atoms with Crippen LogP contribution in [0.1, 0.15) is 41.4 Å². The van der Waals surface area contributed by atoms with Gasteiger partial charge in [0.25, 0.3) is 0 Å². The van der Waals surface area contributed by atoms with Crippen LogP contribution in [0.2, 0.25) is 0 Å². The Morgan fingerprint density at radius 2 is 2.20 bits per heavy atom. The predicted octanol–water partition coefficient (Wildman–Crippen LogP) is 2.69. The van der Waals surface area contributed by atoms with Gasteiger partial charge in [-0.3, -0.25) is 9.78 Å². The first-order chi connectivity index (χ1) is 7.20. The van der Waals surface area contributed by atoms with Crippen LogP contribution in [-0.2, 0) is 0 Å². The minimum absolute atomic E-state index is 0.604. The van der Waals surface area contributed by atoms with E-state index in [-0.39, 0.29) is 0 Å². The number of hydrogen-bond donors (Lipinski definition) is 0. The molecule has 0 unspecified atom stereocenters. The van der Waals surface area contributed by atoms with E-state index in [0.29, 0.717) is 12.2 Å². The van der Waals surface area contributed by atoms with Crippen LogP contribution in [0.15, 0.2) is 6.20 Å².